The summed E-state index contributed by atoms with van der Waals surface area (Å²) in [6.07, 6.45) is 0. The summed E-state index contributed by atoms with van der Waals surface area (Å²) in [6.45, 7) is 0. The van der Waals surface area contributed by atoms with E-state index in [1.807, 2.05) is 48.5 Å². The quantitative estimate of drug-likeness (QED) is 0.318. The Labute approximate surface area is 194 Å². The first-order valence-corrected chi connectivity index (χ1v) is 12.4. The molecule has 0 atom stereocenters. The van der Waals surface area contributed by atoms with Gasteiger partial charge in [-0.2, -0.15) is 0 Å². The van der Waals surface area contributed by atoms with Crippen LogP contribution in [-0.2, 0) is 0 Å². The Morgan fingerprint density at radius 3 is 1.03 bits per heavy atom. The smallest absolute Gasteiger partial charge is 0.519 e. The maximum absolute atomic E-state index is 5.88. The molecule has 0 saturated carbocycles. The van der Waals surface area contributed by atoms with Crippen LogP contribution in [0.15, 0.2) is 107 Å². The second-order valence-electron chi connectivity index (χ2n) is 7.33. The van der Waals surface area contributed by atoms with Crippen molar-refractivity contribution in [2.45, 2.75) is 9.79 Å². The fourth-order valence-corrected chi connectivity index (χ4v) is 5.46. The Hall–Kier alpha value is -3.09. The van der Waals surface area contributed by atoms with Gasteiger partial charge in [0.05, 0.1) is 0 Å². The van der Waals surface area contributed by atoms with Crippen LogP contribution in [-0.4, -0.2) is 14.2 Å². The Bertz CT molecular complexity index is 1100. The highest BCUT2D eigenvalue weighted by Gasteiger charge is 2.34. The van der Waals surface area contributed by atoms with Crippen LogP contribution < -0.4 is 29.5 Å². The third kappa shape index (κ3) is 3.92. The van der Waals surface area contributed by atoms with E-state index in [-0.39, 0.29) is 0 Å². The van der Waals surface area contributed by atoms with Gasteiger partial charge in [-0.3, -0.25) is 0 Å². The first kappa shape index (κ1) is 19.6. The molecule has 2 aliphatic heterocycles. The second-order valence-corrected chi connectivity index (χ2v) is 9.61. The van der Waals surface area contributed by atoms with E-state index < -0.39 is 14.2 Å². The van der Waals surface area contributed by atoms with E-state index in [0.29, 0.717) is 0 Å². The Balaban J connectivity index is 1.05. The number of fused-ring (bicyclic) bond motifs is 2. The molecule has 0 aliphatic carbocycles. The van der Waals surface area contributed by atoms with Crippen molar-refractivity contribution in [3.05, 3.63) is 97.1 Å². The van der Waals surface area contributed by atoms with Gasteiger partial charge in [-0.15, -0.1) is 0 Å². The number of rotatable bonds is 5. The number of hydrogen-bond acceptors (Lipinski definition) is 6. The van der Waals surface area contributed by atoms with E-state index in [9.17, 15) is 0 Å². The summed E-state index contributed by atoms with van der Waals surface area (Å²) < 4.78 is 23.5. The van der Waals surface area contributed by atoms with E-state index in [0.717, 1.165) is 43.7 Å². The van der Waals surface area contributed by atoms with Crippen molar-refractivity contribution < 1.29 is 18.6 Å². The second kappa shape index (κ2) is 8.45. The highest BCUT2D eigenvalue weighted by Crippen LogP contribution is 2.37. The highest BCUT2D eigenvalue weighted by atomic mass is 33.1. The Kier molecular flexibility index (Phi) is 5.17. The molecule has 4 aromatic carbocycles. The van der Waals surface area contributed by atoms with E-state index in [2.05, 4.69) is 48.5 Å². The molecule has 2 heterocycles. The average molecular weight is 454 g/mol. The molecule has 0 amide bonds. The van der Waals surface area contributed by atoms with Gasteiger partial charge >= 0.3 is 14.2 Å². The number of benzene rings is 4. The van der Waals surface area contributed by atoms with Crippen LogP contribution in [0.4, 0.5) is 0 Å². The molecule has 4 aromatic rings. The minimum Gasteiger partial charge on any atom is -0.519 e. The van der Waals surface area contributed by atoms with E-state index in [1.54, 1.807) is 21.6 Å². The third-order valence-corrected chi connectivity index (χ3v) is 7.59. The zero-order valence-electron chi connectivity index (χ0n) is 16.8. The first-order chi connectivity index (χ1) is 15.8. The minimum absolute atomic E-state index is 0.391. The van der Waals surface area contributed by atoms with Crippen molar-refractivity contribution >= 4 is 46.8 Å². The summed E-state index contributed by atoms with van der Waals surface area (Å²) in [7, 11) is 2.64. The molecule has 4 nitrogen and oxygen atoms in total. The molecule has 0 saturated heterocycles. The number of para-hydroxylation sites is 4. The average Bonchev–Trinajstić information content (AvgIpc) is 3.48. The summed E-state index contributed by atoms with van der Waals surface area (Å²) >= 11 is 0. The standard InChI is InChI=1S/C24H16B2O4S2/c1-2-6-22-21(5-1)27-25(28-22)17-9-13-19(14-10-17)31-32-20-15-11-18(12-16-20)26-29-23-7-3-4-8-24(23)30-26/h1-16H. The summed E-state index contributed by atoms with van der Waals surface area (Å²) in [5.74, 6) is 3.14. The normalized spacial score (nSPS) is 13.5. The molecule has 0 spiro atoms. The maximum Gasteiger partial charge on any atom is 0.632 e. The Morgan fingerprint density at radius 1 is 0.406 bits per heavy atom. The summed E-state index contributed by atoms with van der Waals surface area (Å²) in [5, 5.41) is 0. The lowest BCUT2D eigenvalue weighted by atomic mass is 9.79. The van der Waals surface area contributed by atoms with Gasteiger partial charge in [0.1, 0.15) is 23.0 Å². The third-order valence-electron chi connectivity index (χ3n) is 5.17. The minimum atomic E-state index is -0.391. The SMILES string of the molecule is c1ccc2c(c1)OB(c1ccc(SSc3ccc(B4Oc5ccccc5O4)cc3)cc1)O2. The Morgan fingerprint density at radius 2 is 0.719 bits per heavy atom. The zero-order chi connectivity index (χ0) is 21.3. The topological polar surface area (TPSA) is 36.9 Å². The lowest BCUT2D eigenvalue weighted by molar-refractivity contribution is 0.518. The van der Waals surface area contributed by atoms with E-state index in [4.69, 9.17) is 18.6 Å². The molecule has 8 heteroatoms. The van der Waals surface area contributed by atoms with Crippen LogP contribution >= 0.6 is 21.6 Å². The van der Waals surface area contributed by atoms with Crippen LogP contribution in [0.1, 0.15) is 0 Å². The molecular weight excluding hydrogens is 438 g/mol. The molecular formula is C24H16B2O4S2. The lowest BCUT2D eigenvalue weighted by Crippen LogP contribution is -2.38. The fraction of sp³-hybridized carbons (Fsp3) is 0. The summed E-state index contributed by atoms with van der Waals surface area (Å²) in [6, 6.07) is 32.0. The van der Waals surface area contributed by atoms with E-state index in [1.165, 1.54) is 0 Å². The van der Waals surface area contributed by atoms with Crippen LogP contribution in [0.5, 0.6) is 23.0 Å². The summed E-state index contributed by atoms with van der Waals surface area (Å²) in [4.78, 5) is 2.33. The van der Waals surface area contributed by atoms with Gasteiger partial charge in [0.25, 0.3) is 0 Å². The number of hydrogen-bond donors (Lipinski definition) is 0. The van der Waals surface area contributed by atoms with Crippen LogP contribution in [0.25, 0.3) is 0 Å². The first-order valence-electron chi connectivity index (χ1n) is 10.2. The molecule has 0 N–H and O–H groups in total. The molecule has 0 unspecified atom stereocenters. The molecule has 0 fully saturated rings. The van der Waals surface area contributed by atoms with Crippen molar-refractivity contribution in [1.29, 1.82) is 0 Å². The van der Waals surface area contributed by atoms with Crippen molar-refractivity contribution in [1.82, 2.24) is 0 Å². The molecule has 0 aromatic heterocycles. The predicted molar refractivity (Wildman–Crippen MR) is 131 cm³/mol. The largest absolute Gasteiger partial charge is 0.632 e. The molecule has 154 valence electrons. The van der Waals surface area contributed by atoms with Crippen LogP contribution in [0.3, 0.4) is 0 Å². The van der Waals surface area contributed by atoms with Crippen molar-refractivity contribution in [3.8, 4) is 23.0 Å². The highest BCUT2D eigenvalue weighted by molar-refractivity contribution is 8.76. The predicted octanol–water partition coefficient (Wildman–Crippen LogP) is 4.82. The summed E-state index contributed by atoms with van der Waals surface area (Å²) in [5.41, 5.74) is 2.00. The molecule has 0 radical (unpaired) electrons. The van der Waals surface area contributed by atoms with Gasteiger partial charge in [0.2, 0.25) is 0 Å². The van der Waals surface area contributed by atoms with Gasteiger partial charge in [-0.05, 0) is 48.5 Å². The molecule has 2 aliphatic rings. The van der Waals surface area contributed by atoms with Gasteiger partial charge in [0, 0.05) is 20.7 Å². The van der Waals surface area contributed by atoms with Crippen molar-refractivity contribution in [2.24, 2.45) is 0 Å². The zero-order valence-corrected chi connectivity index (χ0v) is 18.5. The van der Waals surface area contributed by atoms with Gasteiger partial charge < -0.3 is 18.6 Å². The molecule has 6 rings (SSSR count). The van der Waals surface area contributed by atoms with Gasteiger partial charge in [-0.25, -0.2) is 0 Å². The maximum atomic E-state index is 5.88. The van der Waals surface area contributed by atoms with Gasteiger partial charge in [0.15, 0.2) is 0 Å². The van der Waals surface area contributed by atoms with Crippen LogP contribution in [0, 0.1) is 0 Å². The van der Waals surface area contributed by atoms with Gasteiger partial charge in [-0.1, -0.05) is 70.1 Å². The van der Waals surface area contributed by atoms with Crippen molar-refractivity contribution in [3.63, 3.8) is 0 Å². The monoisotopic (exact) mass is 454 g/mol. The molecule has 0 bridgehead atoms. The lowest BCUT2D eigenvalue weighted by Gasteiger charge is -2.07. The van der Waals surface area contributed by atoms with E-state index >= 15 is 0 Å². The molecule has 32 heavy (non-hydrogen) atoms. The van der Waals surface area contributed by atoms with Crippen molar-refractivity contribution in [2.75, 3.05) is 0 Å². The fourth-order valence-electron chi connectivity index (χ4n) is 3.53. The van der Waals surface area contributed by atoms with Crippen LogP contribution in [0.2, 0.25) is 0 Å².